The number of methoxy groups -OCH3 is 1. The molecule has 0 bridgehead atoms. The molecule has 4 nitrogen and oxygen atoms in total. The number of esters is 1. The SMILES string of the molecule is CCc1sc(NC(=O)C(C)(C)C)c(C(=O)OC)c1-c1ccc(Br)cc1. The van der Waals surface area contributed by atoms with Crippen LogP contribution in [0.15, 0.2) is 28.7 Å². The zero-order valence-electron chi connectivity index (χ0n) is 15.0. The lowest BCUT2D eigenvalue weighted by Crippen LogP contribution is -2.28. The van der Waals surface area contributed by atoms with Gasteiger partial charge in [0.05, 0.1) is 7.11 Å². The van der Waals surface area contributed by atoms with Crippen molar-refractivity contribution in [1.29, 1.82) is 0 Å². The molecule has 0 spiro atoms. The summed E-state index contributed by atoms with van der Waals surface area (Å²) in [6.45, 7) is 7.54. The molecule has 0 aliphatic heterocycles. The van der Waals surface area contributed by atoms with Crippen LogP contribution in [0.3, 0.4) is 0 Å². The van der Waals surface area contributed by atoms with Crippen LogP contribution in [0.1, 0.15) is 42.9 Å². The van der Waals surface area contributed by atoms with Crippen LogP contribution in [0.4, 0.5) is 5.00 Å². The average molecular weight is 424 g/mol. The van der Waals surface area contributed by atoms with Gasteiger partial charge in [-0.25, -0.2) is 4.79 Å². The molecule has 0 saturated heterocycles. The molecule has 0 fully saturated rings. The first-order chi connectivity index (χ1) is 11.7. The first-order valence-electron chi connectivity index (χ1n) is 8.00. The molecule has 0 saturated carbocycles. The van der Waals surface area contributed by atoms with E-state index in [1.165, 1.54) is 18.4 Å². The van der Waals surface area contributed by atoms with Gasteiger partial charge in [0.25, 0.3) is 0 Å². The lowest BCUT2D eigenvalue weighted by molar-refractivity contribution is -0.123. The molecule has 2 rings (SSSR count). The van der Waals surface area contributed by atoms with Crippen molar-refractivity contribution in [3.63, 3.8) is 0 Å². The summed E-state index contributed by atoms with van der Waals surface area (Å²) in [4.78, 5) is 25.9. The van der Waals surface area contributed by atoms with Crippen LogP contribution in [-0.2, 0) is 16.0 Å². The Bertz CT molecular complexity index is 788. The Labute approximate surface area is 160 Å². The summed E-state index contributed by atoms with van der Waals surface area (Å²) in [6.07, 6.45) is 0.755. The predicted molar refractivity (Wildman–Crippen MR) is 106 cm³/mol. The third-order valence-electron chi connectivity index (χ3n) is 3.73. The van der Waals surface area contributed by atoms with Crippen molar-refractivity contribution in [2.24, 2.45) is 5.41 Å². The molecule has 0 radical (unpaired) electrons. The molecule has 1 aromatic carbocycles. The second kappa shape index (κ2) is 7.70. The highest BCUT2D eigenvalue weighted by molar-refractivity contribution is 9.10. The minimum atomic E-state index is -0.554. The standard InChI is InChI=1S/C19H22BrNO3S/c1-6-13-14(11-7-9-12(20)10-8-11)15(17(22)24-5)16(25-13)21-18(23)19(2,3)4/h7-10H,6H2,1-5H3,(H,21,23). The summed E-state index contributed by atoms with van der Waals surface area (Å²) in [7, 11) is 1.35. The molecule has 1 amide bonds. The van der Waals surface area contributed by atoms with E-state index in [2.05, 4.69) is 21.2 Å². The Morgan fingerprint density at radius 1 is 1.20 bits per heavy atom. The van der Waals surface area contributed by atoms with E-state index in [0.717, 1.165) is 26.9 Å². The second-order valence-electron chi connectivity index (χ2n) is 6.66. The molecule has 2 aromatic rings. The van der Waals surface area contributed by atoms with Gasteiger partial charge >= 0.3 is 5.97 Å². The highest BCUT2D eigenvalue weighted by atomic mass is 79.9. The van der Waals surface area contributed by atoms with E-state index in [4.69, 9.17) is 4.74 Å². The van der Waals surface area contributed by atoms with Crippen molar-refractivity contribution >= 4 is 44.1 Å². The molecule has 1 aromatic heterocycles. The van der Waals surface area contributed by atoms with Crippen molar-refractivity contribution in [3.05, 3.63) is 39.2 Å². The fraction of sp³-hybridized carbons (Fsp3) is 0.368. The fourth-order valence-electron chi connectivity index (χ4n) is 2.32. The summed E-state index contributed by atoms with van der Waals surface area (Å²) in [5.41, 5.74) is 1.62. The van der Waals surface area contributed by atoms with Gasteiger partial charge in [0.2, 0.25) is 5.91 Å². The first-order valence-corrected chi connectivity index (χ1v) is 9.61. The summed E-state index contributed by atoms with van der Waals surface area (Å²) in [5, 5.41) is 3.45. The molecule has 134 valence electrons. The van der Waals surface area contributed by atoms with E-state index < -0.39 is 11.4 Å². The van der Waals surface area contributed by atoms with E-state index in [1.807, 2.05) is 52.0 Å². The quantitative estimate of drug-likeness (QED) is 0.659. The van der Waals surface area contributed by atoms with E-state index >= 15 is 0 Å². The zero-order valence-corrected chi connectivity index (χ0v) is 17.4. The number of amides is 1. The molecular formula is C19H22BrNO3S. The van der Waals surface area contributed by atoms with E-state index in [-0.39, 0.29) is 5.91 Å². The third kappa shape index (κ3) is 4.30. The van der Waals surface area contributed by atoms with Crippen LogP contribution in [-0.4, -0.2) is 19.0 Å². The minimum absolute atomic E-state index is 0.135. The van der Waals surface area contributed by atoms with Gasteiger partial charge in [-0.2, -0.15) is 0 Å². The van der Waals surface area contributed by atoms with Crippen molar-refractivity contribution in [2.75, 3.05) is 12.4 Å². The van der Waals surface area contributed by atoms with Gasteiger partial charge in [0, 0.05) is 20.3 Å². The number of ether oxygens (including phenoxy) is 1. The van der Waals surface area contributed by atoms with Gasteiger partial charge < -0.3 is 10.1 Å². The number of hydrogen-bond acceptors (Lipinski definition) is 4. The van der Waals surface area contributed by atoms with Crippen LogP contribution >= 0.6 is 27.3 Å². The third-order valence-corrected chi connectivity index (χ3v) is 5.51. The van der Waals surface area contributed by atoms with Crippen LogP contribution < -0.4 is 5.32 Å². The molecule has 25 heavy (non-hydrogen) atoms. The van der Waals surface area contributed by atoms with Gasteiger partial charge in [0.15, 0.2) is 0 Å². The average Bonchev–Trinajstić information content (AvgIpc) is 2.92. The summed E-state index contributed by atoms with van der Waals surface area (Å²) in [5.74, 6) is -0.581. The molecule has 0 aliphatic rings. The van der Waals surface area contributed by atoms with Crippen molar-refractivity contribution in [3.8, 4) is 11.1 Å². The van der Waals surface area contributed by atoms with Gasteiger partial charge in [0.1, 0.15) is 10.6 Å². The van der Waals surface area contributed by atoms with Gasteiger partial charge in [-0.3, -0.25) is 4.79 Å². The van der Waals surface area contributed by atoms with Gasteiger partial charge in [-0.05, 0) is 24.1 Å². The van der Waals surface area contributed by atoms with Crippen LogP contribution in [0.2, 0.25) is 0 Å². The molecule has 0 aliphatic carbocycles. The minimum Gasteiger partial charge on any atom is -0.465 e. The lowest BCUT2D eigenvalue weighted by atomic mass is 9.95. The first kappa shape index (κ1) is 19.7. The van der Waals surface area contributed by atoms with Gasteiger partial charge in [-0.1, -0.05) is 55.8 Å². The van der Waals surface area contributed by atoms with E-state index in [1.54, 1.807) is 0 Å². The smallest absolute Gasteiger partial charge is 0.341 e. The number of halogens is 1. The summed E-state index contributed by atoms with van der Waals surface area (Å²) >= 11 is 4.86. The Balaban J connectivity index is 2.63. The van der Waals surface area contributed by atoms with E-state index in [9.17, 15) is 9.59 Å². The number of nitrogens with one attached hydrogen (secondary N) is 1. The zero-order chi connectivity index (χ0) is 18.8. The number of thiophene rings is 1. The molecule has 6 heteroatoms. The molecule has 1 N–H and O–H groups in total. The largest absolute Gasteiger partial charge is 0.465 e. The predicted octanol–water partition coefficient (Wildman–Crippen LogP) is 5.51. The summed E-state index contributed by atoms with van der Waals surface area (Å²) < 4.78 is 5.96. The molecule has 1 heterocycles. The Morgan fingerprint density at radius 3 is 2.28 bits per heavy atom. The van der Waals surface area contributed by atoms with Crippen molar-refractivity contribution in [1.82, 2.24) is 0 Å². The number of hydrogen-bond donors (Lipinski definition) is 1. The second-order valence-corrected chi connectivity index (χ2v) is 8.68. The van der Waals surface area contributed by atoms with Crippen molar-refractivity contribution < 1.29 is 14.3 Å². The molecule has 0 unspecified atom stereocenters. The Hall–Kier alpha value is -1.66. The van der Waals surface area contributed by atoms with Crippen LogP contribution in [0.5, 0.6) is 0 Å². The molecule has 0 atom stereocenters. The van der Waals surface area contributed by atoms with Gasteiger partial charge in [-0.15, -0.1) is 11.3 Å². The molecular weight excluding hydrogens is 402 g/mol. The van der Waals surface area contributed by atoms with Crippen LogP contribution in [0.25, 0.3) is 11.1 Å². The number of carbonyl (C=O) groups is 2. The normalized spacial score (nSPS) is 11.3. The Kier molecular flexibility index (Phi) is 6.06. The maximum atomic E-state index is 12.5. The van der Waals surface area contributed by atoms with E-state index in [0.29, 0.717) is 10.6 Å². The number of rotatable bonds is 4. The lowest BCUT2D eigenvalue weighted by Gasteiger charge is -2.17. The number of anilines is 1. The fourth-order valence-corrected chi connectivity index (χ4v) is 3.73. The number of carbonyl (C=O) groups excluding carboxylic acids is 2. The maximum Gasteiger partial charge on any atom is 0.341 e. The Morgan fingerprint density at radius 2 is 1.80 bits per heavy atom. The van der Waals surface area contributed by atoms with Crippen molar-refractivity contribution in [2.45, 2.75) is 34.1 Å². The highest BCUT2D eigenvalue weighted by Crippen LogP contribution is 2.42. The number of benzene rings is 1. The monoisotopic (exact) mass is 423 g/mol. The maximum absolute atomic E-state index is 12.5. The number of aryl methyl sites for hydroxylation is 1. The highest BCUT2D eigenvalue weighted by Gasteiger charge is 2.29. The van der Waals surface area contributed by atoms with Crippen LogP contribution in [0, 0.1) is 5.41 Å². The summed E-state index contributed by atoms with van der Waals surface area (Å²) in [6, 6.07) is 7.77. The topological polar surface area (TPSA) is 55.4 Å².